The predicted octanol–water partition coefficient (Wildman–Crippen LogP) is 4.12. The van der Waals surface area contributed by atoms with Crippen LogP contribution in [0.1, 0.15) is 28.1 Å². The van der Waals surface area contributed by atoms with E-state index in [0.717, 1.165) is 47.1 Å². The topological polar surface area (TPSA) is 64.7 Å². The van der Waals surface area contributed by atoms with Crippen molar-refractivity contribution >= 4 is 12.0 Å². The zero-order chi connectivity index (χ0) is 17.2. The van der Waals surface area contributed by atoms with E-state index in [0.29, 0.717) is 11.5 Å². The van der Waals surface area contributed by atoms with E-state index >= 15 is 0 Å². The molecule has 1 aliphatic rings. The highest BCUT2D eigenvalue weighted by atomic mass is 16.6. The van der Waals surface area contributed by atoms with Crippen LogP contribution in [0.25, 0.3) is 22.5 Å². The van der Waals surface area contributed by atoms with Crippen LogP contribution in [-0.2, 0) is 11.3 Å². The summed E-state index contributed by atoms with van der Waals surface area (Å²) in [6.45, 7) is 0. The SMILES string of the molecule is CO/N=C1/CCc2cc(-c3cc(C=O)oc3-c3ccncc3)ccc21. The number of aryl methyl sites for hydroxylation is 1. The molecule has 1 aromatic carbocycles. The Morgan fingerprint density at radius 3 is 2.68 bits per heavy atom. The van der Waals surface area contributed by atoms with E-state index in [9.17, 15) is 4.79 Å². The molecule has 4 rings (SSSR count). The van der Waals surface area contributed by atoms with Crippen LogP contribution < -0.4 is 0 Å². The summed E-state index contributed by atoms with van der Waals surface area (Å²) < 4.78 is 5.74. The fraction of sp³-hybridized carbons (Fsp3) is 0.150. The molecule has 5 nitrogen and oxygen atoms in total. The van der Waals surface area contributed by atoms with Gasteiger partial charge in [0, 0.05) is 29.1 Å². The molecule has 5 heteroatoms. The van der Waals surface area contributed by atoms with Crippen molar-refractivity contribution in [1.29, 1.82) is 0 Å². The molecular weight excluding hydrogens is 316 g/mol. The van der Waals surface area contributed by atoms with Crippen LogP contribution in [0.5, 0.6) is 0 Å². The van der Waals surface area contributed by atoms with Gasteiger partial charge in [-0.3, -0.25) is 9.78 Å². The molecule has 0 saturated carbocycles. The fourth-order valence-electron chi connectivity index (χ4n) is 3.24. The van der Waals surface area contributed by atoms with E-state index in [4.69, 9.17) is 9.25 Å². The molecule has 0 N–H and O–H groups in total. The molecule has 0 aliphatic heterocycles. The molecule has 0 radical (unpaired) electrons. The lowest BCUT2D eigenvalue weighted by molar-refractivity contribution is 0.110. The first kappa shape index (κ1) is 15.3. The molecule has 0 spiro atoms. The lowest BCUT2D eigenvalue weighted by Gasteiger charge is -2.06. The smallest absolute Gasteiger partial charge is 0.185 e. The summed E-state index contributed by atoms with van der Waals surface area (Å²) in [6, 6.07) is 11.7. The Balaban J connectivity index is 1.82. The molecule has 1 aliphatic carbocycles. The number of aromatic nitrogens is 1. The van der Waals surface area contributed by atoms with E-state index in [1.165, 1.54) is 5.56 Å². The van der Waals surface area contributed by atoms with Crippen LogP contribution in [0.3, 0.4) is 0 Å². The molecule has 0 fully saturated rings. The maximum Gasteiger partial charge on any atom is 0.185 e. The van der Waals surface area contributed by atoms with Crippen LogP contribution in [0.4, 0.5) is 0 Å². The second kappa shape index (κ2) is 6.36. The summed E-state index contributed by atoms with van der Waals surface area (Å²) in [7, 11) is 1.56. The number of oxime groups is 1. The molecule has 2 heterocycles. The number of hydrogen-bond donors (Lipinski definition) is 0. The Bertz CT molecular complexity index is 958. The van der Waals surface area contributed by atoms with Crippen molar-refractivity contribution in [1.82, 2.24) is 4.98 Å². The number of pyridine rings is 1. The fourth-order valence-corrected chi connectivity index (χ4v) is 3.24. The monoisotopic (exact) mass is 332 g/mol. The molecule has 0 bridgehead atoms. The third-order valence-corrected chi connectivity index (χ3v) is 4.37. The van der Waals surface area contributed by atoms with E-state index in [-0.39, 0.29) is 0 Å². The second-order valence-electron chi connectivity index (χ2n) is 5.84. The van der Waals surface area contributed by atoms with Gasteiger partial charge in [0.1, 0.15) is 12.9 Å². The number of fused-ring (bicyclic) bond motifs is 1. The minimum Gasteiger partial charge on any atom is -0.453 e. The first-order valence-electron chi connectivity index (χ1n) is 8.03. The lowest BCUT2D eigenvalue weighted by Crippen LogP contribution is -1.95. The average Bonchev–Trinajstić information content (AvgIpc) is 3.27. The largest absolute Gasteiger partial charge is 0.453 e. The van der Waals surface area contributed by atoms with Crippen LogP contribution >= 0.6 is 0 Å². The highest BCUT2D eigenvalue weighted by Gasteiger charge is 2.21. The zero-order valence-corrected chi connectivity index (χ0v) is 13.7. The third kappa shape index (κ3) is 2.74. The number of aldehydes is 1. The molecular formula is C20H16N2O3. The Hall–Kier alpha value is -3.21. The van der Waals surface area contributed by atoms with Gasteiger partial charge in [-0.25, -0.2) is 0 Å². The van der Waals surface area contributed by atoms with Crippen molar-refractivity contribution in [2.24, 2.45) is 5.16 Å². The van der Waals surface area contributed by atoms with Crippen molar-refractivity contribution in [3.63, 3.8) is 0 Å². The molecule has 0 saturated heterocycles. The van der Waals surface area contributed by atoms with E-state index < -0.39 is 0 Å². The van der Waals surface area contributed by atoms with Gasteiger partial charge in [-0.05, 0) is 42.2 Å². The van der Waals surface area contributed by atoms with Gasteiger partial charge in [0.2, 0.25) is 0 Å². The molecule has 0 atom stereocenters. The maximum atomic E-state index is 11.2. The standard InChI is InChI=1S/C20H16N2O3/c1-24-22-19-5-3-14-10-15(2-4-17(14)19)18-11-16(12-23)25-20(18)13-6-8-21-9-7-13/h2,4,6-12H,3,5H2,1H3/b22-19-. The number of furan rings is 1. The Kier molecular flexibility index (Phi) is 3.90. The van der Waals surface area contributed by atoms with Gasteiger partial charge in [0.15, 0.2) is 12.0 Å². The summed E-state index contributed by atoms with van der Waals surface area (Å²) in [6.07, 6.45) is 5.94. The highest BCUT2D eigenvalue weighted by Crippen LogP contribution is 2.36. The van der Waals surface area contributed by atoms with Crippen molar-refractivity contribution in [2.75, 3.05) is 7.11 Å². The zero-order valence-electron chi connectivity index (χ0n) is 13.7. The minimum atomic E-state index is 0.309. The van der Waals surface area contributed by atoms with Gasteiger partial charge < -0.3 is 9.25 Å². The average molecular weight is 332 g/mol. The van der Waals surface area contributed by atoms with Crippen molar-refractivity contribution < 1.29 is 14.0 Å². The molecule has 0 unspecified atom stereocenters. The normalized spacial score (nSPS) is 14.5. The molecule has 0 amide bonds. The number of rotatable bonds is 4. The molecule has 3 aromatic rings. The Labute approximate surface area is 145 Å². The van der Waals surface area contributed by atoms with Gasteiger partial charge in [-0.2, -0.15) is 0 Å². The quantitative estimate of drug-likeness (QED) is 0.532. The van der Waals surface area contributed by atoms with Gasteiger partial charge in [-0.15, -0.1) is 0 Å². The maximum absolute atomic E-state index is 11.2. The van der Waals surface area contributed by atoms with E-state index in [1.54, 1.807) is 25.6 Å². The van der Waals surface area contributed by atoms with Crippen molar-refractivity contribution in [3.8, 4) is 22.5 Å². The lowest BCUT2D eigenvalue weighted by atomic mass is 9.98. The summed E-state index contributed by atoms with van der Waals surface area (Å²) in [5.74, 6) is 0.983. The third-order valence-electron chi connectivity index (χ3n) is 4.37. The Morgan fingerprint density at radius 1 is 1.08 bits per heavy atom. The number of benzene rings is 1. The van der Waals surface area contributed by atoms with E-state index in [2.05, 4.69) is 22.3 Å². The first-order chi connectivity index (χ1) is 12.3. The number of carbonyl (C=O) groups is 1. The van der Waals surface area contributed by atoms with Gasteiger partial charge in [0.05, 0.1) is 5.71 Å². The number of hydrogen-bond acceptors (Lipinski definition) is 5. The first-order valence-corrected chi connectivity index (χ1v) is 8.03. The van der Waals surface area contributed by atoms with Crippen molar-refractivity contribution in [3.05, 3.63) is 65.7 Å². The molecule has 2 aromatic heterocycles. The summed E-state index contributed by atoms with van der Waals surface area (Å²) in [5, 5.41) is 4.09. The van der Waals surface area contributed by atoms with Crippen molar-refractivity contribution in [2.45, 2.75) is 12.8 Å². The summed E-state index contributed by atoms with van der Waals surface area (Å²) >= 11 is 0. The van der Waals surface area contributed by atoms with Gasteiger partial charge in [0.25, 0.3) is 0 Å². The Morgan fingerprint density at radius 2 is 1.92 bits per heavy atom. The molecule has 124 valence electrons. The van der Waals surface area contributed by atoms with Gasteiger partial charge in [-0.1, -0.05) is 23.4 Å². The molecule has 25 heavy (non-hydrogen) atoms. The highest BCUT2D eigenvalue weighted by molar-refractivity contribution is 6.04. The van der Waals surface area contributed by atoms with Gasteiger partial charge >= 0.3 is 0 Å². The number of nitrogens with zero attached hydrogens (tertiary/aromatic N) is 2. The van der Waals surface area contributed by atoms with Crippen LogP contribution in [-0.4, -0.2) is 24.1 Å². The summed E-state index contributed by atoms with van der Waals surface area (Å²) in [5.41, 5.74) is 6.12. The minimum absolute atomic E-state index is 0.309. The van der Waals surface area contributed by atoms with Crippen LogP contribution in [0, 0.1) is 0 Å². The second-order valence-corrected chi connectivity index (χ2v) is 5.84. The predicted molar refractivity (Wildman–Crippen MR) is 94.6 cm³/mol. The number of carbonyl (C=O) groups excluding carboxylic acids is 1. The van der Waals surface area contributed by atoms with E-state index in [1.807, 2.05) is 18.2 Å². The van der Waals surface area contributed by atoms with Crippen LogP contribution in [0.15, 0.2) is 58.4 Å². The summed E-state index contributed by atoms with van der Waals surface area (Å²) in [4.78, 5) is 20.2. The van der Waals surface area contributed by atoms with Crippen LogP contribution in [0.2, 0.25) is 0 Å².